The van der Waals surface area contributed by atoms with E-state index in [0.29, 0.717) is 15.7 Å². The van der Waals surface area contributed by atoms with Gasteiger partial charge in [0.25, 0.3) is 0 Å². The third-order valence-electron chi connectivity index (χ3n) is 4.83. The van der Waals surface area contributed by atoms with Gasteiger partial charge in [-0.15, -0.1) is 21.5 Å². The number of amides is 1. The molecule has 0 bridgehead atoms. The summed E-state index contributed by atoms with van der Waals surface area (Å²) in [6, 6.07) is 19.0. The average Bonchev–Trinajstić information content (AvgIpc) is 3.44. The molecule has 4 aromatic rings. The molecule has 0 aliphatic carbocycles. The second-order valence-corrected chi connectivity index (χ2v) is 9.01. The minimum absolute atomic E-state index is 0.241. The van der Waals surface area contributed by atoms with Gasteiger partial charge < -0.3 is 14.6 Å². The molecule has 2 aromatic heterocycles. The maximum atomic E-state index is 13.5. The normalized spacial score (nSPS) is 11.7. The molecule has 4 rings (SSSR count). The van der Waals surface area contributed by atoms with Crippen LogP contribution < -0.4 is 5.32 Å². The second-order valence-electron chi connectivity index (χ2n) is 7.06. The van der Waals surface area contributed by atoms with Gasteiger partial charge in [-0.3, -0.25) is 4.79 Å². The van der Waals surface area contributed by atoms with Crippen LogP contribution in [0.3, 0.4) is 0 Å². The van der Waals surface area contributed by atoms with Gasteiger partial charge in [-0.05, 0) is 18.1 Å². The minimum atomic E-state index is -0.591. The Labute approximate surface area is 199 Å². The first-order chi connectivity index (χ1) is 16.1. The molecule has 168 valence electrons. The zero-order chi connectivity index (χ0) is 23.2. The highest BCUT2D eigenvalue weighted by atomic mass is 32.2. The lowest BCUT2D eigenvalue weighted by Gasteiger charge is -2.16. The molecule has 1 amide bonds. The number of aromatic nitrogens is 3. The van der Waals surface area contributed by atoms with Gasteiger partial charge in [-0.1, -0.05) is 72.4 Å². The summed E-state index contributed by atoms with van der Waals surface area (Å²) in [5.41, 5.74) is 2.79. The van der Waals surface area contributed by atoms with E-state index >= 15 is 0 Å². The van der Waals surface area contributed by atoms with E-state index in [9.17, 15) is 9.59 Å². The van der Waals surface area contributed by atoms with Gasteiger partial charge in [0.05, 0.1) is 6.61 Å². The summed E-state index contributed by atoms with van der Waals surface area (Å²) in [7, 11) is 1.83. The number of aryl methyl sites for hydroxylation is 1. The number of thiophene rings is 1. The Kier molecular flexibility index (Phi) is 7.21. The average molecular weight is 479 g/mol. The van der Waals surface area contributed by atoms with Crippen LogP contribution in [0.2, 0.25) is 0 Å². The predicted octanol–water partition coefficient (Wildman–Crippen LogP) is 5.19. The summed E-state index contributed by atoms with van der Waals surface area (Å²) in [5, 5.41) is 13.3. The van der Waals surface area contributed by atoms with Gasteiger partial charge in [-0.2, -0.15) is 0 Å². The standard InChI is InChI=1S/C24H22N4O3S2/c1-3-31-23(30)19-18(16-10-6-4-7-11-16)14-32-22(19)26-21(29)20(17-12-8-5-9-13-17)33-24-27-25-15-28(24)2/h4-15,20H,3H2,1-2H3,(H,26,29)/t20-/m1/s1. The Morgan fingerprint density at radius 2 is 1.82 bits per heavy atom. The van der Waals surface area contributed by atoms with Crippen LogP contribution in [0.5, 0.6) is 0 Å². The molecule has 0 unspecified atom stereocenters. The van der Waals surface area contributed by atoms with Crippen LogP contribution in [-0.4, -0.2) is 33.2 Å². The van der Waals surface area contributed by atoms with Crippen molar-refractivity contribution in [2.45, 2.75) is 17.3 Å². The van der Waals surface area contributed by atoms with Crippen molar-refractivity contribution in [3.8, 4) is 11.1 Å². The Morgan fingerprint density at radius 1 is 1.12 bits per heavy atom. The number of nitrogens with one attached hydrogen (secondary N) is 1. The summed E-state index contributed by atoms with van der Waals surface area (Å²) in [6.45, 7) is 2.00. The SMILES string of the molecule is CCOC(=O)c1c(-c2ccccc2)csc1NC(=O)[C@H](Sc1nncn1C)c1ccccc1. The number of hydrogen-bond donors (Lipinski definition) is 1. The van der Waals surface area contributed by atoms with Crippen LogP contribution in [0.15, 0.2) is 77.5 Å². The molecule has 2 heterocycles. The van der Waals surface area contributed by atoms with E-state index in [-0.39, 0.29) is 12.5 Å². The molecule has 2 aromatic carbocycles. The smallest absolute Gasteiger partial charge is 0.341 e. The number of carbonyl (C=O) groups is 2. The number of esters is 1. The van der Waals surface area contributed by atoms with Crippen molar-refractivity contribution in [3.05, 3.63) is 83.5 Å². The number of ether oxygens (including phenoxy) is 1. The molecular weight excluding hydrogens is 456 g/mol. The zero-order valence-corrected chi connectivity index (χ0v) is 19.7. The van der Waals surface area contributed by atoms with Crippen molar-refractivity contribution >= 4 is 40.0 Å². The first kappa shape index (κ1) is 22.8. The number of nitrogens with zero attached hydrogens (tertiary/aromatic N) is 3. The number of thioether (sulfide) groups is 1. The van der Waals surface area contributed by atoms with E-state index in [1.54, 1.807) is 17.8 Å². The molecule has 0 saturated carbocycles. The lowest BCUT2D eigenvalue weighted by atomic mass is 10.0. The topological polar surface area (TPSA) is 86.1 Å². The van der Waals surface area contributed by atoms with Crippen molar-refractivity contribution in [1.82, 2.24) is 14.8 Å². The first-order valence-electron chi connectivity index (χ1n) is 10.3. The molecule has 0 saturated heterocycles. The molecule has 1 atom stereocenters. The van der Waals surface area contributed by atoms with E-state index < -0.39 is 11.2 Å². The third-order valence-corrected chi connectivity index (χ3v) is 7.02. The highest BCUT2D eigenvalue weighted by Gasteiger charge is 2.28. The third kappa shape index (κ3) is 5.15. The van der Waals surface area contributed by atoms with Gasteiger partial charge in [0.15, 0.2) is 5.16 Å². The van der Waals surface area contributed by atoms with Crippen molar-refractivity contribution in [2.24, 2.45) is 7.05 Å². The largest absolute Gasteiger partial charge is 0.462 e. The van der Waals surface area contributed by atoms with Crippen molar-refractivity contribution in [1.29, 1.82) is 0 Å². The van der Waals surface area contributed by atoms with Gasteiger partial charge >= 0.3 is 5.97 Å². The monoisotopic (exact) mass is 478 g/mol. The lowest BCUT2D eigenvalue weighted by molar-refractivity contribution is -0.115. The van der Waals surface area contributed by atoms with E-state index in [4.69, 9.17) is 4.74 Å². The van der Waals surface area contributed by atoms with E-state index in [1.807, 2.05) is 73.1 Å². The fourth-order valence-corrected chi connectivity index (χ4v) is 5.19. The Morgan fingerprint density at radius 3 is 2.45 bits per heavy atom. The first-order valence-corrected chi connectivity index (χ1v) is 12.0. The van der Waals surface area contributed by atoms with Crippen LogP contribution in [0, 0.1) is 0 Å². The molecule has 0 fully saturated rings. The molecule has 9 heteroatoms. The van der Waals surface area contributed by atoms with E-state index in [2.05, 4.69) is 15.5 Å². The predicted molar refractivity (Wildman–Crippen MR) is 130 cm³/mol. The molecule has 0 aliphatic rings. The van der Waals surface area contributed by atoms with Crippen LogP contribution in [0.4, 0.5) is 5.00 Å². The molecule has 33 heavy (non-hydrogen) atoms. The summed E-state index contributed by atoms with van der Waals surface area (Å²) in [4.78, 5) is 26.3. The number of carbonyl (C=O) groups excluding carboxylic acids is 2. The molecular formula is C24H22N4O3S2. The minimum Gasteiger partial charge on any atom is -0.462 e. The van der Waals surface area contributed by atoms with E-state index in [1.165, 1.54) is 23.1 Å². The quantitative estimate of drug-likeness (QED) is 0.277. The highest BCUT2D eigenvalue weighted by molar-refractivity contribution is 8.00. The highest BCUT2D eigenvalue weighted by Crippen LogP contribution is 2.39. The summed E-state index contributed by atoms with van der Waals surface area (Å²) in [6.07, 6.45) is 1.59. The Hall–Kier alpha value is -3.43. The van der Waals surface area contributed by atoms with Crippen molar-refractivity contribution < 1.29 is 14.3 Å². The van der Waals surface area contributed by atoms with Gasteiger partial charge in [-0.25, -0.2) is 4.79 Å². The van der Waals surface area contributed by atoms with Gasteiger partial charge in [0.2, 0.25) is 5.91 Å². The summed E-state index contributed by atoms with van der Waals surface area (Å²) in [5.74, 6) is -0.730. The maximum Gasteiger partial charge on any atom is 0.341 e. The molecule has 1 N–H and O–H groups in total. The lowest BCUT2D eigenvalue weighted by Crippen LogP contribution is -2.20. The zero-order valence-electron chi connectivity index (χ0n) is 18.1. The fraction of sp³-hybridized carbons (Fsp3) is 0.167. The number of rotatable bonds is 8. The van der Waals surface area contributed by atoms with Crippen LogP contribution in [-0.2, 0) is 16.6 Å². The molecule has 0 spiro atoms. The van der Waals surface area contributed by atoms with Crippen molar-refractivity contribution in [3.63, 3.8) is 0 Å². The summed E-state index contributed by atoms with van der Waals surface area (Å²) >= 11 is 2.60. The molecule has 0 aliphatic heterocycles. The summed E-state index contributed by atoms with van der Waals surface area (Å²) < 4.78 is 7.07. The number of hydrogen-bond acceptors (Lipinski definition) is 7. The Balaban J connectivity index is 1.68. The van der Waals surface area contributed by atoms with Crippen LogP contribution in [0.1, 0.15) is 28.1 Å². The fourth-order valence-electron chi connectivity index (χ4n) is 3.25. The number of benzene rings is 2. The number of anilines is 1. The Bertz CT molecular complexity index is 1240. The molecule has 7 nitrogen and oxygen atoms in total. The van der Waals surface area contributed by atoms with E-state index in [0.717, 1.165) is 16.7 Å². The van der Waals surface area contributed by atoms with Crippen LogP contribution >= 0.6 is 23.1 Å². The van der Waals surface area contributed by atoms with Crippen molar-refractivity contribution in [2.75, 3.05) is 11.9 Å². The second kappa shape index (κ2) is 10.5. The van der Waals surface area contributed by atoms with Crippen LogP contribution in [0.25, 0.3) is 11.1 Å². The van der Waals surface area contributed by atoms with Gasteiger partial charge in [0.1, 0.15) is 22.1 Å². The van der Waals surface area contributed by atoms with Gasteiger partial charge in [0, 0.05) is 18.0 Å². The molecule has 0 radical (unpaired) electrons. The maximum absolute atomic E-state index is 13.5.